The zero-order chi connectivity index (χ0) is 16.6. The Morgan fingerprint density at radius 2 is 2.04 bits per heavy atom. The second-order valence-corrected chi connectivity index (χ2v) is 10.2. The highest BCUT2D eigenvalue weighted by Gasteiger charge is 2.58. The van der Waals surface area contributed by atoms with E-state index in [0.29, 0.717) is 35.3 Å². The van der Waals surface area contributed by atoms with Crippen LogP contribution in [-0.4, -0.2) is 39.5 Å². The number of nitrogens with zero attached hydrogens (tertiary/aromatic N) is 1. The zero-order valence-electron chi connectivity index (χ0n) is 14.5. The van der Waals surface area contributed by atoms with E-state index >= 15 is 0 Å². The number of esters is 1. The standard InChI is InChI=1S/C18H27NO3S/c1-10-12-7-11(17(12,2)3)8-14(10)22-16(21)13-9-23-18(4)6-5-15(20)19(13)18/h10-14H,5-9H2,1-4H3. The van der Waals surface area contributed by atoms with Crippen LogP contribution in [-0.2, 0) is 14.3 Å². The maximum atomic E-state index is 12.7. The Hall–Kier alpha value is -0.710. The van der Waals surface area contributed by atoms with Gasteiger partial charge in [-0.25, -0.2) is 4.79 Å². The van der Waals surface area contributed by atoms with Crippen molar-refractivity contribution >= 4 is 23.6 Å². The predicted molar refractivity (Wildman–Crippen MR) is 89.8 cm³/mol. The summed E-state index contributed by atoms with van der Waals surface area (Å²) in [7, 11) is 0. The Labute approximate surface area is 142 Å². The summed E-state index contributed by atoms with van der Waals surface area (Å²) in [5.74, 6) is 2.38. The SMILES string of the molecule is CC1C(OC(=O)C2CSC3(C)CCC(=O)N23)CC2CC1C2(C)C. The molecule has 23 heavy (non-hydrogen) atoms. The molecule has 0 spiro atoms. The molecular formula is C18H27NO3S. The monoisotopic (exact) mass is 337 g/mol. The average Bonchev–Trinajstić information content (AvgIpc) is 2.97. The second-order valence-electron chi connectivity index (χ2n) is 8.70. The van der Waals surface area contributed by atoms with Gasteiger partial charge in [0.2, 0.25) is 5.91 Å². The van der Waals surface area contributed by atoms with E-state index in [4.69, 9.17) is 4.74 Å². The molecule has 5 rings (SSSR count). The lowest BCUT2D eigenvalue weighted by molar-refractivity contribution is -0.190. The Morgan fingerprint density at radius 1 is 1.30 bits per heavy atom. The molecule has 2 heterocycles. The molecule has 5 fully saturated rings. The van der Waals surface area contributed by atoms with Crippen molar-refractivity contribution in [1.29, 1.82) is 0 Å². The molecule has 128 valence electrons. The molecule has 5 aliphatic rings. The first-order chi connectivity index (χ1) is 10.7. The lowest BCUT2D eigenvalue weighted by Gasteiger charge is -2.61. The number of thioether (sulfide) groups is 1. The van der Waals surface area contributed by atoms with Crippen molar-refractivity contribution in [2.24, 2.45) is 23.2 Å². The van der Waals surface area contributed by atoms with Gasteiger partial charge in [-0.3, -0.25) is 4.79 Å². The minimum absolute atomic E-state index is 0.0360. The first-order valence-electron chi connectivity index (χ1n) is 8.90. The van der Waals surface area contributed by atoms with E-state index in [1.165, 1.54) is 6.42 Å². The van der Waals surface area contributed by atoms with Gasteiger partial charge in [-0.05, 0) is 49.4 Å². The molecule has 0 aromatic carbocycles. The highest BCUT2D eigenvalue weighted by Crippen LogP contribution is 2.61. The summed E-state index contributed by atoms with van der Waals surface area (Å²) in [5.41, 5.74) is 0.398. The highest BCUT2D eigenvalue weighted by molar-refractivity contribution is 8.01. The molecule has 2 bridgehead atoms. The van der Waals surface area contributed by atoms with Crippen molar-refractivity contribution in [3.8, 4) is 0 Å². The summed E-state index contributed by atoms with van der Waals surface area (Å²) < 4.78 is 5.94. The summed E-state index contributed by atoms with van der Waals surface area (Å²) in [4.78, 5) is 26.5. The zero-order valence-corrected chi connectivity index (χ0v) is 15.3. The van der Waals surface area contributed by atoms with Crippen molar-refractivity contribution in [1.82, 2.24) is 4.90 Å². The Kier molecular flexibility index (Phi) is 3.37. The third-order valence-electron chi connectivity index (χ3n) is 7.27. The van der Waals surface area contributed by atoms with E-state index in [1.807, 2.05) is 0 Å². The number of carbonyl (C=O) groups is 2. The lowest BCUT2D eigenvalue weighted by Crippen LogP contribution is -2.58. The van der Waals surface area contributed by atoms with Gasteiger partial charge in [0.1, 0.15) is 12.1 Å². The number of rotatable bonds is 2. The summed E-state index contributed by atoms with van der Waals surface area (Å²) in [6.45, 7) is 9.01. The van der Waals surface area contributed by atoms with Crippen molar-refractivity contribution in [2.45, 2.75) is 70.4 Å². The van der Waals surface area contributed by atoms with Gasteiger partial charge < -0.3 is 9.64 Å². The fourth-order valence-corrected chi connectivity index (χ4v) is 6.90. The van der Waals surface area contributed by atoms with E-state index in [2.05, 4.69) is 27.7 Å². The molecule has 3 aliphatic carbocycles. The summed E-state index contributed by atoms with van der Waals surface area (Å²) >= 11 is 1.73. The van der Waals surface area contributed by atoms with Crippen LogP contribution < -0.4 is 0 Å². The molecule has 3 saturated carbocycles. The fraction of sp³-hybridized carbons (Fsp3) is 0.889. The van der Waals surface area contributed by atoms with Crippen LogP contribution in [0.1, 0.15) is 53.4 Å². The molecule has 2 aliphatic heterocycles. The van der Waals surface area contributed by atoms with E-state index in [1.54, 1.807) is 16.7 Å². The Balaban J connectivity index is 1.44. The number of ether oxygens (including phenoxy) is 1. The smallest absolute Gasteiger partial charge is 0.330 e. The van der Waals surface area contributed by atoms with Gasteiger partial charge in [0.05, 0.1) is 4.87 Å². The van der Waals surface area contributed by atoms with Gasteiger partial charge in [-0.15, -0.1) is 11.8 Å². The molecule has 1 amide bonds. The van der Waals surface area contributed by atoms with E-state index in [0.717, 1.165) is 12.8 Å². The topological polar surface area (TPSA) is 46.6 Å². The molecule has 0 aromatic rings. The van der Waals surface area contributed by atoms with Gasteiger partial charge in [0.25, 0.3) is 0 Å². The Bertz CT molecular complexity index is 562. The number of carbonyl (C=O) groups excluding carboxylic acids is 2. The molecule has 5 heteroatoms. The number of hydrogen-bond acceptors (Lipinski definition) is 4. The minimum atomic E-state index is -0.376. The summed E-state index contributed by atoms with van der Waals surface area (Å²) in [6, 6.07) is -0.376. The number of hydrogen-bond donors (Lipinski definition) is 0. The van der Waals surface area contributed by atoms with Crippen molar-refractivity contribution < 1.29 is 14.3 Å². The average molecular weight is 337 g/mol. The van der Waals surface area contributed by atoms with Crippen molar-refractivity contribution in [3.63, 3.8) is 0 Å². The summed E-state index contributed by atoms with van der Waals surface area (Å²) in [6.07, 6.45) is 3.71. The highest BCUT2D eigenvalue weighted by atomic mass is 32.2. The van der Waals surface area contributed by atoms with E-state index in [-0.39, 0.29) is 28.9 Å². The first kappa shape index (κ1) is 15.8. The third kappa shape index (κ3) is 2.11. The molecular weight excluding hydrogens is 310 g/mol. The third-order valence-corrected chi connectivity index (χ3v) is 8.77. The second kappa shape index (κ2) is 4.90. The van der Waals surface area contributed by atoms with Crippen LogP contribution >= 0.6 is 11.8 Å². The molecule has 0 radical (unpaired) electrons. The van der Waals surface area contributed by atoms with Crippen LogP contribution in [0.5, 0.6) is 0 Å². The molecule has 0 N–H and O–H groups in total. The van der Waals surface area contributed by atoms with Crippen LogP contribution in [0.25, 0.3) is 0 Å². The van der Waals surface area contributed by atoms with Gasteiger partial charge in [0, 0.05) is 12.2 Å². The summed E-state index contributed by atoms with van der Waals surface area (Å²) in [5, 5.41) is 0. The van der Waals surface area contributed by atoms with Crippen molar-refractivity contribution in [2.75, 3.05) is 5.75 Å². The van der Waals surface area contributed by atoms with Crippen molar-refractivity contribution in [3.05, 3.63) is 0 Å². The van der Waals surface area contributed by atoms with Gasteiger partial charge in [-0.2, -0.15) is 0 Å². The maximum absolute atomic E-state index is 12.7. The molecule has 6 unspecified atom stereocenters. The van der Waals surface area contributed by atoms with Crippen LogP contribution in [0.4, 0.5) is 0 Å². The molecule has 2 saturated heterocycles. The number of fused-ring (bicyclic) bond motifs is 3. The van der Waals surface area contributed by atoms with E-state index in [9.17, 15) is 9.59 Å². The molecule has 6 atom stereocenters. The van der Waals surface area contributed by atoms with Gasteiger partial charge in [-0.1, -0.05) is 20.8 Å². The van der Waals surface area contributed by atoms with Crippen LogP contribution in [0, 0.1) is 23.2 Å². The van der Waals surface area contributed by atoms with Crippen LogP contribution in [0.3, 0.4) is 0 Å². The minimum Gasteiger partial charge on any atom is -0.461 e. The lowest BCUT2D eigenvalue weighted by atomic mass is 9.45. The van der Waals surface area contributed by atoms with Gasteiger partial charge >= 0.3 is 5.97 Å². The maximum Gasteiger partial charge on any atom is 0.330 e. The van der Waals surface area contributed by atoms with Gasteiger partial charge in [0.15, 0.2) is 0 Å². The van der Waals surface area contributed by atoms with Crippen LogP contribution in [0.2, 0.25) is 0 Å². The quantitative estimate of drug-likeness (QED) is 0.727. The largest absolute Gasteiger partial charge is 0.461 e. The normalized spacial score (nSPS) is 47.2. The van der Waals surface area contributed by atoms with Crippen LogP contribution in [0.15, 0.2) is 0 Å². The van der Waals surface area contributed by atoms with E-state index < -0.39 is 0 Å². The first-order valence-corrected chi connectivity index (χ1v) is 9.89. The fourth-order valence-electron chi connectivity index (χ4n) is 5.48. The molecule has 0 aromatic heterocycles. The molecule has 4 nitrogen and oxygen atoms in total. The Morgan fingerprint density at radius 3 is 2.70 bits per heavy atom. The predicted octanol–water partition coefficient (Wildman–Crippen LogP) is 3.05. The number of amides is 1.